The molecule has 0 amide bonds. The second-order valence-electron chi connectivity index (χ2n) is 6.39. The predicted molar refractivity (Wildman–Crippen MR) is 107 cm³/mol. The number of ether oxygens (including phenoxy) is 5. The van der Waals surface area contributed by atoms with E-state index in [1.54, 1.807) is 18.2 Å². The number of benzene rings is 2. The second kappa shape index (κ2) is 7.86. The van der Waals surface area contributed by atoms with Gasteiger partial charge in [0.05, 0.1) is 32.6 Å². The van der Waals surface area contributed by atoms with Crippen LogP contribution in [0.25, 0.3) is 11.0 Å². The van der Waals surface area contributed by atoms with Gasteiger partial charge < -0.3 is 33.4 Å². The Morgan fingerprint density at radius 3 is 2.40 bits per heavy atom. The van der Waals surface area contributed by atoms with E-state index in [1.807, 2.05) is 0 Å². The molecule has 1 aliphatic rings. The lowest BCUT2D eigenvalue weighted by Gasteiger charge is -2.16. The molecule has 156 valence electrons. The number of rotatable bonds is 6. The van der Waals surface area contributed by atoms with E-state index in [0.29, 0.717) is 45.2 Å². The Hall–Kier alpha value is -3.88. The van der Waals surface area contributed by atoms with Gasteiger partial charge in [0.1, 0.15) is 5.58 Å². The molecule has 0 fully saturated rings. The Kier molecular flexibility index (Phi) is 5.09. The number of methoxy groups -OCH3 is 3. The first kappa shape index (κ1) is 19.4. The number of hydrogen-bond donors (Lipinski definition) is 1. The van der Waals surface area contributed by atoms with E-state index in [4.69, 9.17) is 28.1 Å². The first-order valence-corrected chi connectivity index (χ1v) is 8.98. The van der Waals surface area contributed by atoms with Gasteiger partial charge >= 0.3 is 11.6 Å². The Bertz CT molecular complexity index is 1180. The van der Waals surface area contributed by atoms with Crippen LogP contribution in [-0.2, 0) is 11.3 Å². The van der Waals surface area contributed by atoms with Crippen molar-refractivity contribution in [3.63, 3.8) is 0 Å². The summed E-state index contributed by atoms with van der Waals surface area (Å²) in [6.45, 7) is 0.332. The summed E-state index contributed by atoms with van der Waals surface area (Å²) in [6.07, 6.45) is 0. The van der Waals surface area contributed by atoms with Crippen LogP contribution in [0.5, 0.6) is 23.0 Å². The smallest absolute Gasteiger partial charge is 0.340 e. The van der Waals surface area contributed by atoms with E-state index in [1.165, 1.54) is 33.5 Å². The van der Waals surface area contributed by atoms with Crippen molar-refractivity contribution in [2.24, 2.45) is 0 Å². The number of carbonyl (C=O) groups excluding carboxylic acids is 1. The number of esters is 1. The molecule has 0 aliphatic carbocycles. The molecular weight excluding hydrogens is 394 g/mol. The maximum atomic E-state index is 12.3. The molecule has 1 N–H and O–H groups in total. The fraction of sp³-hybridized carbons (Fsp3) is 0.238. The zero-order chi connectivity index (χ0) is 21.3. The van der Waals surface area contributed by atoms with Crippen molar-refractivity contribution in [1.29, 1.82) is 0 Å². The molecule has 0 unspecified atom stereocenters. The number of anilines is 1. The van der Waals surface area contributed by atoms with Gasteiger partial charge in [0.15, 0.2) is 23.0 Å². The second-order valence-corrected chi connectivity index (χ2v) is 6.39. The van der Waals surface area contributed by atoms with Crippen LogP contribution in [0.15, 0.2) is 39.5 Å². The highest BCUT2D eigenvalue weighted by atomic mass is 16.7. The fourth-order valence-corrected chi connectivity index (χ4v) is 3.26. The molecule has 2 heterocycles. The van der Waals surface area contributed by atoms with Crippen molar-refractivity contribution in [2.75, 3.05) is 33.4 Å². The highest BCUT2D eigenvalue weighted by molar-refractivity contribution is 5.97. The molecule has 30 heavy (non-hydrogen) atoms. The number of hydrogen-bond acceptors (Lipinski definition) is 9. The van der Waals surface area contributed by atoms with Gasteiger partial charge in [0.2, 0.25) is 6.79 Å². The SMILES string of the molecule is COC(=O)c1cc(OC)c(OC)cc1NCc1cc(=O)oc2cc3c(cc12)OCO3. The summed E-state index contributed by atoms with van der Waals surface area (Å²) in [7, 11) is 4.27. The van der Waals surface area contributed by atoms with E-state index < -0.39 is 11.6 Å². The molecule has 1 aromatic heterocycles. The van der Waals surface area contributed by atoms with Gasteiger partial charge in [0, 0.05) is 36.2 Å². The van der Waals surface area contributed by atoms with Crippen LogP contribution in [0.4, 0.5) is 5.69 Å². The van der Waals surface area contributed by atoms with Crippen molar-refractivity contribution >= 4 is 22.6 Å². The standard InChI is InChI=1S/C21H19NO8/c1-25-16-6-13(21(24)27-3)14(7-17(16)26-2)22-9-11-4-20(23)30-15-8-19-18(5-12(11)15)28-10-29-19/h4-8,22H,9-10H2,1-3H3. The first-order chi connectivity index (χ1) is 14.5. The van der Waals surface area contributed by atoms with Gasteiger partial charge in [-0.25, -0.2) is 9.59 Å². The molecule has 4 rings (SSSR count). The minimum absolute atomic E-state index is 0.109. The average molecular weight is 413 g/mol. The summed E-state index contributed by atoms with van der Waals surface area (Å²) in [5, 5.41) is 3.86. The van der Waals surface area contributed by atoms with Crippen LogP contribution >= 0.6 is 0 Å². The van der Waals surface area contributed by atoms with E-state index in [2.05, 4.69) is 5.32 Å². The highest BCUT2D eigenvalue weighted by Gasteiger charge is 2.20. The largest absolute Gasteiger partial charge is 0.493 e. The molecule has 9 nitrogen and oxygen atoms in total. The van der Waals surface area contributed by atoms with Crippen molar-refractivity contribution in [3.8, 4) is 23.0 Å². The molecule has 0 bridgehead atoms. The number of fused-ring (bicyclic) bond motifs is 2. The van der Waals surface area contributed by atoms with Gasteiger partial charge in [-0.1, -0.05) is 0 Å². The normalized spacial score (nSPS) is 12.0. The van der Waals surface area contributed by atoms with Crippen molar-refractivity contribution in [2.45, 2.75) is 6.54 Å². The summed E-state index contributed by atoms with van der Waals surface area (Å²) < 4.78 is 31.5. The monoisotopic (exact) mass is 413 g/mol. The van der Waals surface area contributed by atoms with E-state index >= 15 is 0 Å². The zero-order valence-electron chi connectivity index (χ0n) is 16.6. The molecular formula is C21H19NO8. The quantitative estimate of drug-likeness (QED) is 0.482. The van der Waals surface area contributed by atoms with Crippen molar-refractivity contribution in [3.05, 3.63) is 51.9 Å². The summed E-state index contributed by atoms with van der Waals surface area (Å²) in [4.78, 5) is 24.3. The Balaban J connectivity index is 1.73. The third-order valence-corrected chi connectivity index (χ3v) is 4.72. The van der Waals surface area contributed by atoms with Gasteiger partial charge in [0.25, 0.3) is 0 Å². The van der Waals surface area contributed by atoms with Gasteiger partial charge in [-0.15, -0.1) is 0 Å². The van der Waals surface area contributed by atoms with Crippen LogP contribution in [-0.4, -0.2) is 34.1 Å². The summed E-state index contributed by atoms with van der Waals surface area (Å²) in [5.74, 6) is 1.37. The van der Waals surface area contributed by atoms with Crippen LogP contribution in [0.2, 0.25) is 0 Å². The molecule has 0 saturated heterocycles. The third kappa shape index (κ3) is 3.45. The maximum absolute atomic E-state index is 12.3. The van der Waals surface area contributed by atoms with E-state index in [0.717, 1.165) is 0 Å². The average Bonchev–Trinajstić information content (AvgIpc) is 3.22. The minimum atomic E-state index is -0.542. The van der Waals surface area contributed by atoms with Gasteiger partial charge in [-0.05, 0) is 11.6 Å². The van der Waals surface area contributed by atoms with Crippen molar-refractivity contribution < 1.29 is 32.9 Å². The van der Waals surface area contributed by atoms with Crippen molar-refractivity contribution in [1.82, 2.24) is 0 Å². The highest BCUT2D eigenvalue weighted by Crippen LogP contribution is 2.37. The lowest BCUT2D eigenvalue weighted by molar-refractivity contribution is 0.0601. The summed E-state index contributed by atoms with van der Waals surface area (Å²) in [5.41, 5.74) is 1.26. The molecule has 0 spiro atoms. The number of nitrogens with one attached hydrogen (secondary N) is 1. The lowest BCUT2D eigenvalue weighted by Crippen LogP contribution is -2.11. The van der Waals surface area contributed by atoms with E-state index in [-0.39, 0.29) is 18.9 Å². The first-order valence-electron chi connectivity index (χ1n) is 8.98. The topological polar surface area (TPSA) is 105 Å². The lowest BCUT2D eigenvalue weighted by atomic mass is 10.1. The zero-order valence-corrected chi connectivity index (χ0v) is 16.6. The third-order valence-electron chi connectivity index (χ3n) is 4.72. The molecule has 2 aromatic carbocycles. The number of carbonyl (C=O) groups is 1. The van der Waals surface area contributed by atoms with Crippen LogP contribution in [0.3, 0.4) is 0 Å². The predicted octanol–water partition coefficient (Wildman–Crippen LogP) is 2.94. The Morgan fingerprint density at radius 1 is 1.00 bits per heavy atom. The van der Waals surface area contributed by atoms with Crippen LogP contribution in [0.1, 0.15) is 15.9 Å². The van der Waals surface area contributed by atoms with Gasteiger partial charge in [-0.2, -0.15) is 0 Å². The van der Waals surface area contributed by atoms with Crippen LogP contribution in [0, 0.1) is 0 Å². The molecule has 9 heteroatoms. The summed E-state index contributed by atoms with van der Waals surface area (Å²) in [6, 6.07) is 7.93. The molecule has 0 atom stereocenters. The molecule has 3 aromatic rings. The Morgan fingerprint density at radius 2 is 1.70 bits per heavy atom. The molecule has 1 aliphatic heterocycles. The molecule has 0 radical (unpaired) electrons. The van der Waals surface area contributed by atoms with E-state index in [9.17, 15) is 9.59 Å². The Labute approximate surface area is 171 Å². The maximum Gasteiger partial charge on any atom is 0.340 e. The molecule has 0 saturated carbocycles. The van der Waals surface area contributed by atoms with Crippen LogP contribution < -0.4 is 29.9 Å². The van der Waals surface area contributed by atoms with Gasteiger partial charge in [-0.3, -0.25) is 0 Å². The minimum Gasteiger partial charge on any atom is -0.493 e. The fourth-order valence-electron chi connectivity index (χ4n) is 3.26. The summed E-state index contributed by atoms with van der Waals surface area (Å²) >= 11 is 0.